The highest BCUT2D eigenvalue weighted by Crippen LogP contribution is 2.37. The third-order valence-corrected chi connectivity index (χ3v) is 6.26. The number of sulfonamides is 1. The lowest BCUT2D eigenvalue weighted by molar-refractivity contribution is -0.143. The number of carbonyl (C=O) groups excluding carboxylic acids is 1. The molecule has 0 amide bonds. The standard InChI is InChI=1S/C18H22FNO6S/c1-3-24-17(21)13-11-18(25-8-9-26-18)7-6-16(13)27(22,23)20-15-5-4-12(2)10-14(15)19/h4-5,10-11,16,20H,3,6-9H2,1-2H3. The highest BCUT2D eigenvalue weighted by molar-refractivity contribution is 7.93. The average Bonchev–Trinajstić information content (AvgIpc) is 3.05. The van der Waals surface area contributed by atoms with Gasteiger partial charge in [-0.1, -0.05) is 6.07 Å². The highest BCUT2D eigenvalue weighted by atomic mass is 32.2. The summed E-state index contributed by atoms with van der Waals surface area (Å²) in [6.07, 6.45) is 1.72. The molecule has 0 saturated carbocycles. The quantitative estimate of drug-likeness (QED) is 0.764. The van der Waals surface area contributed by atoms with Gasteiger partial charge in [-0.05, 0) is 44.0 Å². The van der Waals surface area contributed by atoms with Crippen LogP contribution in [-0.4, -0.2) is 45.2 Å². The number of nitrogens with one attached hydrogen (secondary N) is 1. The van der Waals surface area contributed by atoms with E-state index >= 15 is 0 Å². The number of esters is 1. The van der Waals surface area contributed by atoms with Gasteiger partial charge < -0.3 is 14.2 Å². The lowest BCUT2D eigenvalue weighted by Crippen LogP contribution is -2.42. The number of aryl methyl sites for hydroxylation is 1. The Kier molecular flexibility index (Phi) is 5.55. The zero-order valence-corrected chi connectivity index (χ0v) is 16.0. The summed E-state index contributed by atoms with van der Waals surface area (Å²) >= 11 is 0. The predicted octanol–water partition coefficient (Wildman–Crippen LogP) is 2.27. The number of halogens is 1. The Morgan fingerprint density at radius 3 is 2.70 bits per heavy atom. The Morgan fingerprint density at radius 2 is 2.07 bits per heavy atom. The smallest absolute Gasteiger partial charge is 0.335 e. The molecule has 0 bridgehead atoms. The molecule has 148 valence electrons. The SMILES string of the molecule is CCOC(=O)C1=CC2(CCC1S(=O)(=O)Nc1ccc(C)cc1F)OCCO2. The van der Waals surface area contributed by atoms with Gasteiger partial charge in [-0.25, -0.2) is 17.6 Å². The van der Waals surface area contributed by atoms with Crippen LogP contribution in [0.5, 0.6) is 0 Å². The van der Waals surface area contributed by atoms with Gasteiger partial charge in [0.15, 0.2) is 5.79 Å². The first-order valence-electron chi connectivity index (χ1n) is 8.72. The Labute approximate surface area is 157 Å². The fourth-order valence-electron chi connectivity index (χ4n) is 3.24. The molecular weight excluding hydrogens is 377 g/mol. The van der Waals surface area contributed by atoms with Crippen LogP contribution in [0.1, 0.15) is 25.3 Å². The number of ether oxygens (including phenoxy) is 3. The van der Waals surface area contributed by atoms with Crippen LogP contribution in [0.15, 0.2) is 29.8 Å². The van der Waals surface area contributed by atoms with Crippen LogP contribution in [-0.2, 0) is 29.0 Å². The second kappa shape index (κ2) is 7.57. The largest absolute Gasteiger partial charge is 0.463 e. The molecule has 1 aliphatic heterocycles. The van der Waals surface area contributed by atoms with Crippen LogP contribution in [0.25, 0.3) is 0 Å². The van der Waals surface area contributed by atoms with Crippen molar-refractivity contribution in [2.24, 2.45) is 0 Å². The van der Waals surface area contributed by atoms with Gasteiger partial charge in [0.05, 0.1) is 31.1 Å². The van der Waals surface area contributed by atoms with Gasteiger partial charge in [0.25, 0.3) is 0 Å². The molecule has 2 aliphatic rings. The summed E-state index contributed by atoms with van der Waals surface area (Å²) in [4.78, 5) is 12.4. The van der Waals surface area contributed by atoms with E-state index in [1.165, 1.54) is 18.2 Å². The topological polar surface area (TPSA) is 90.9 Å². The summed E-state index contributed by atoms with van der Waals surface area (Å²) < 4.78 is 58.3. The molecule has 1 aromatic carbocycles. The van der Waals surface area contributed by atoms with Crippen LogP contribution in [0.2, 0.25) is 0 Å². The third kappa shape index (κ3) is 4.15. The Morgan fingerprint density at radius 1 is 1.37 bits per heavy atom. The number of rotatable bonds is 5. The summed E-state index contributed by atoms with van der Waals surface area (Å²) in [7, 11) is -4.10. The van der Waals surface area contributed by atoms with E-state index < -0.39 is 32.8 Å². The molecular formula is C18H22FNO6S. The minimum atomic E-state index is -4.10. The van der Waals surface area contributed by atoms with Gasteiger partial charge in [0.2, 0.25) is 10.0 Å². The van der Waals surface area contributed by atoms with Gasteiger partial charge in [-0.15, -0.1) is 0 Å². The van der Waals surface area contributed by atoms with Gasteiger partial charge >= 0.3 is 5.97 Å². The Balaban J connectivity index is 1.93. The molecule has 7 nitrogen and oxygen atoms in total. The van der Waals surface area contributed by atoms with Crippen molar-refractivity contribution in [3.63, 3.8) is 0 Å². The van der Waals surface area contributed by atoms with Crippen LogP contribution >= 0.6 is 0 Å². The summed E-state index contributed by atoms with van der Waals surface area (Å²) in [5.74, 6) is -2.55. The molecule has 27 heavy (non-hydrogen) atoms. The van der Waals surface area contributed by atoms with Crippen molar-refractivity contribution in [3.8, 4) is 0 Å². The predicted molar refractivity (Wildman–Crippen MR) is 96.1 cm³/mol. The summed E-state index contributed by atoms with van der Waals surface area (Å²) in [6.45, 7) is 4.14. The third-order valence-electron chi connectivity index (χ3n) is 4.52. The summed E-state index contributed by atoms with van der Waals surface area (Å²) in [6, 6.07) is 4.18. The molecule has 1 atom stereocenters. The van der Waals surface area contributed by atoms with Crippen molar-refractivity contribution in [1.82, 2.24) is 0 Å². The van der Waals surface area contributed by atoms with E-state index in [1.54, 1.807) is 19.9 Å². The van der Waals surface area contributed by atoms with Gasteiger partial charge in [-0.2, -0.15) is 0 Å². The average molecular weight is 399 g/mol. The van der Waals surface area contributed by atoms with Crippen molar-refractivity contribution >= 4 is 21.7 Å². The number of hydrogen-bond donors (Lipinski definition) is 1. The second-order valence-corrected chi connectivity index (χ2v) is 8.35. The molecule has 1 aromatic rings. The maximum absolute atomic E-state index is 14.1. The molecule has 1 aliphatic carbocycles. The van der Waals surface area contributed by atoms with E-state index in [0.29, 0.717) is 18.8 Å². The van der Waals surface area contributed by atoms with Gasteiger partial charge in [0.1, 0.15) is 11.1 Å². The molecule has 1 unspecified atom stereocenters. The summed E-state index contributed by atoms with van der Waals surface area (Å²) in [5, 5.41) is -1.20. The van der Waals surface area contributed by atoms with E-state index in [4.69, 9.17) is 14.2 Å². The first kappa shape index (κ1) is 19.8. The monoisotopic (exact) mass is 399 g/mol. The molecule has 0 aromatic heterocycles. The van der Waals surface area contributed by atoms with E-state index in [1.807, 2.05) is 0 Å². The maximum Gasteiger partial charge on any atom is 0.335 e. The van der Waals surface area contributed by atoms with Crippen LogP contribution in [0, 0.1) is 12.7 Å². The Bertz CT molecular complexity index is 861. The van der Waals surface area contributed by atoms with Crippen molar-refractivity contribution in [3.05, 3.63) is 41.2 Å². The van der Waals surface area contributed by atoms with Gasteiger partial charge in [0, 0.05) is 6.42 Å². The van der Waals surface area contributed by atoms with Crippen molar-refractivity contribution in [2.75, 3.05) is 24.5 Å². The summed E-state index contributed by atoms with van der Waals surface area (Å²) in [5.41, 5.74) is 0.431. The van der Waals surface area contributed by atoms with E-state index in [0.717, 1.165) is 0 Å². The minimum Gasteiger partial charge on any atom is -0.463 e. The first-order valence-corrected chi connectivity index (χ1v) is 10.3. The molecule has 9 heteroatoms. The number of benzene rings is 1. The molecule has 1 heterocycles. The minimum absolute atomic E-state index is 0.0648. The zero-order valence-electron chi connectivity index (χ0n) is 15.2. The molecule has 1 fully saturated rings. The van der Waals surface area contributed by atoms with Crippen LogP contribution < -0.4 is 4.72 Å². The normalized spacial score (nSPS) is 21.7. The van der Waals surface area contributed by atoms with Gasteiger partial charge in [-0.3, -0.25) is 4.72 Å². The molecule has 0 radical (unpaired) electrons. The fourth-order valence-corrected chi connectivity index (χ4v) is 4.78. The van der Waals surface area contributed by atoms with Crippen LogP contribution in [0.4, 0.5) is 10.1 Å². The maximum atomic E-state index is 14.1. The Hall–Kier alpha value is -1.97. The number of anilines is 1. The van der Waals surface area contributed by atoms with Crippen molar-refractivity contribution in [2.45, 2.75) is 37.7 Å². The molecule has 1 N–H and O–H groups in total. The van der Waals surface area contributed by atoms with E-state index in [9.17, 15) is 17.6 Å². The lowest BCUT2D eigenvalue weighted by Gasteiger charge is -2.33. The second-order valence-electron chi connectivity index (χ2n) is 6.49. The lowest BCUT2D eigenvalue weighted by atomic mass is 9.94. The fraction of sp³-hybridized carbons (Fsp3) is 0.500. The molecule has 1 spiro atoms. The highest BCUT2D eigenvalue weighted by Gasteiger charge is 2.46. The van der Waals surface area contributed by atoms with E-state index in [-0.39, 0.29) is 30.7 Å². The zero-order chi connectivity index (χ0) is 19.7. The number of hydrogen-bond acceptors (Lipinski definition) is 6. The number of carbonyl (C=O) groups is 1. The molecule has 1 saturated heterocycles. The van der Waals surface area contributed by atoms with Crippen LogP contribution in [0.3, 0.4) is 0 Å². The van der Waals surface area contributed by atoms with E-state index in [2.05, 4.69) is 4.72 Å². The van der Waals surface area contributed by atoms with Crippen molar-refractivity contribution in [1.29, 1.82) is 0 Å². The van der Waals surface area contributed by atoms with Crippen molar-refractivity contribution < 1.29 is 31.8 Å². The molecule has 3 rings (SSSR count). The first-order chi connectivity index (χ1) is 12.8.